The van der Waals surface area contributed by atoms with Crippen molar-refractivity contribution in [2.24, 2.45) is 0 Å². The maximum Gasteiger partial charge on any atom is 0.0615 e. The van der Waals surface area contributed by atoms with Crippen molar-refractivity contribution in [3.63, 3.8) is 0 Å². The minimum Gasteiger partial charge on any atom is -0.394 e. The van der Waals surface area contributed by atoms with Gasteiger partial charge in [0.05, 0.1) is 6.61 Å². The number of rotatable bonds is 2. The van der Waals surface area contributed by atoms with Gasteiger partial charge in [-0.3, -0.25) is 4.90 Å². The molecule has 2 rings (SSSR count). The first-order chi connectivity index (χ1) is 8.27. The van der Waals surface area contributed by atoms with Gasteiger partial charge in [-0.25, -0.2) is 0 Å². The molecule has 0 aromatic heterocycles. The predicted molar refractivity (Wildman–Crippen MR) is 70.2 cm³/mol. The number of nitrogens with zero attached hydrogens (tertiary/aromatic N) is 2. The second-order valence-corrected chi connectivity index (χ2v) is 5.63. The summed E-state index contributed by atoms with van der Waals surface area (Å²) in [5.74, 6) is 0. The van der Waals surface area contributed by atoms with E-state index in [-0.39, 0.29) is 5.54 Å². The average molecular weight is 241 g/mol. The second-order valence-electron chi connectivity index (χ2n) is 5.63. The predicted octanol–water partition coefficient (Wildman–Crippen LogP) is 0.129. The lowest BCUT2D eigenvalue weighted by Gasteiger charge is -2.42. The van der Waals surface area contributed by atoms with Crippen molar-refractivity contribution >= 4 is 0 Å². The molecule has 1 atom stereocenters. The van der Waals surface area contributed by atoms with Crippen LogP contribution in [0, 0.1) is 0 Å². The summed E-state index contributed by atoms with van der Waals surface area (Å²) < 4.78 is 0. The molecule has 0 amide bonds. The Labute approximate surface area is 105 Å². The summed E-state index contributed by atoms with van der Waals surface area (Å²) in [6.07, 6.45) is 4.67. The Balaban J connectivity index is 2.05. The van der Waals surface area contributed by atoms with E-state index in [4.69, 9.17) is 0 Å². The standard InChI is InChI=1S/C13H27N3O/c1-15-8-2-4-13(12-17,5-10-15)16-9-3-6-14-7-11-16/h14,17H,2-12H2,1H3. The van der Waals surface area contributed by atoms with Gasteiger partial charge in [-0.1, -0.05) is 0 Å². The fraction of sp³-hybridized carbons (Fsp3) is 1.00. The zero-order valence-electron chi connectivity index (χ0n) is 11.1. The lowest BCUT2D eigenvalue weighted by molar-refractivity contribution is 0.0219. The minimum atomic E-state index is 0.0524. The zero-order valence-corrected chi connectivity index (χ0v) is 11.1. The van der Waals surface area contributed by atoms with Gasteiger partial charge in [0, 0.05) is 25.2 Å². The fourth-order valence-corrected chi connectivity index (χ4v) is 3.21. The van der Waals surface area contributed by atoms with Crippen LogP contribution in [0.4, 0.5) is 0 Å². The molecule has 2 aliphatic heterocycles. The van der Waals surface area contributed by atoms with E-state index in [1.165, 1.54) is 19.4 Å². The molecule has 0 aromatic rings. The minimum absolute atomic E-state index is 0.0524. The number of hydrogen-bond acceptors (Lipinski definition) is 4. The summed E-state index contributed by atoms with van der Waals surface area (Å²) >= 11 is 0. The molecular formula is C13H27N3O. The number of aliphatic hydroxyl groups excluding tert-OH is 1. The molecule has 0 aliphatic carbocycles. The van der Waals surface area contributed by atoms with Gasteiger partial charge in [0.1, 0.15) is 0 Å². The third kappa shape index (κ3) is 3.19. The van der Waals surface area contributed by atoms with Crippen molar-refractivity contribution in [1.29, 1.82) is 0 Å². The Morgan fingerprint density at radius 2 is 1.94 bits per heavy atom. The Hall–Kier alpha value is -0.160. The van der Waals surface area contributed by atoms with Crippen molar-refractivity contribution in [2.45, 2.75) is 31.2 Å². The van der Waals surface area contributed by atoms with Crippen LogP contribution in [0.25, 0.3) is 0 Å². The molecule has 2 fully saturated rings. The van der Waals surface area contributed by atoms with Gasteiger partial charge in [-0.05, 0) is 52.4 Å². The number of likely N-dealkylation sites (tertiary alicyclic amines) is 1. The molecule has 4 nitrogen and oxygen atoms in total. The van der Waals surface area contributed by atoms with E-state index in [0.29, 0.717) is 6.61 Å². The smallest absolute Gasteiger partial charge is 0.0615 e. The van der Waals surface area contributed by atoms with Gasteiger partial charge in [-0.15, -0.1) is 0 Å². The molecule has 4 heteroatoms. The van der Waals surface area contributed by atoms with Crippen molar-refractivity contribution in [3.8, 4) is 0 Å². The van der Waals surface area contributed by atoms with Crippen LogP contribution in [-0.2, 0) is 0 Å². The Morgan fingerprint density at radius 1 is 1.06 bits per heavy atom. The quantitative estimate of drug-likeness (QED) is 0.721. The number of hydrogen-bond donors (Lipinski definition) is 2. The molecule has 0 saturated carbocycles. The van der Waals surface area contributed by atoms with Gasteiger partial charge < -0.3 is 15.3 Å². The molecule has 1 unspecified atom stereocenters. The van der Waals surface area contributed by atoms with Crippen LogP contribution < -0.4 is 5.32 Å². The highest BCUT2D eigenvalue weighted by atomic mass is 16.3. The van der Waals surface area contributed by atoms with Crippen molar-refractivity contribution < 1.29 is 5.11 Å². The summed E-state index contributed by atoms with van der Waals surface area (Å²) in [7, 11) is 2.19. The maximum atomic E-state index is 9.92. The van der Waals surface area contributed by atoms with Crippen LogP contribution >= 0.6 is 0 Å². The van der Waals surface area contributed by atoms with Gasteiger partial charge in [0.2, 0.25) is 0 Å². The van der Waals surface area contributed by atoms with Gasteiger partial charge >= 0.3 is 0 Å². The van der Waals surface area contributed by atoms with Crippen LogP contribution in [-0.4, -0.2) is 73.4 Å². The summed E-state index contributed by atoms with van der Waals surface area (Å²) in [5.41, 5.74) is 0.0524. The number of nitrogens with one attached hydrogen (secondary N) is 1. The highest BCUT2D eigenvalue weighted by Gasteiger charge is 2.37. The SMILES string of the molecule is CN1CCCC(CO)(N2CCCNCC2)CC1. The summed E-state index contributed by atoms with van der Waals surface area (Å²) in [4.78, 5) is 4.94. The fourth-order valence-electron chi connectivity index (χ4n) is 3.21. The lowest BCUT2D eigenvalue weighted by atomic mass is 9.89. The summed E-state index contributed by atoms with van der Waals surface area (Å²) in [6.45, 7) is 7.02. The number of aliphatic hydroxyl groups is 1. The Morgan fingerprint density at radius 3 is 2.76 bits per heavy atom. The van der Waals surface area contributed by atoms with Crippen LogP contribution in [0.5, 0.6) is 0 Å². The van der Waals surface area contributed by atoms with E-state index in [2.05, 4.69) is 22.2 Å². The molecule has 2 saturated heterocycles. The molecule has 0 aromatic carbocycles. The third-order valence-corrected chi connectivity index (χ3v) is 4.45. The molecule has 0 radical (unpaired) electrons. The van der Waals surface area contributed by atoms with Gasteiger partial charge in [-0.2, -0.15) is 0 Å². The molecule has 2 N–H and O–H groups in total. The van der Waals surface area contributed by atoms with Crippen LogP contribution in [0.2, 0.25) is 0 Å². The molecule has 100 valence electrons. The van der Waals surface area contributed by atoms with Crippen molar-refractivity contribution in [1.82, 2.24) is 15.1 Å². The molecule has 2 aliphatic rings. The van der Waals surface area contributed by atoms with Gasteiger partial charge in [0.25, 0.3) is 0 Å². The first-order valence-corrected chi connectivity index (χ1v) is 7.02. The normalized spacial score (nSPS) is 34.2. The van der Waals surface area contributed by atoms with Crippen LogP contribution in [0.3, 0.4) is 0 Å². The van der Waals surface area contributed by atoms with Crippen molar-refractivity contribution in [2.75, 3.05) is 52.9 Å². The highest BCUT2D eigenvalue weighted by molar-refractivity contribution is 4.94. The monoisotopic (exact) mass is 241 g/mol. The largest absolute Gasteiger partial charge is 0.394 e. The zero-order chi connectivity index (χ0) is 12.1. The second kappa shape index (κ2) is 6.14. The van der Waals surface area contributed by atoms with E-state index >= 15 is 0 Å². The topological polar surface area (TPSA) is 38.7 Å². The van der Waals surface area contributed by atoms with Crippen LogP contribution in [0.15, 0.2) is 0 Å². The molecule has 2 heterocycles. The molecule has 17 heavy (non-hydrogen) atoms. The lowest BCUT2D eigenvalue weighted by Crippen LogP contribution is -2.53. The molecule has 0 spiro atoms. The maximum absolute atomic E-state index is 9.92. The van der Waals surface area contributed by atoms with Gasteiger partial charge in [0.15, 0.2) is 0 Å². The van der Waals surface area contributed by atoms with Crippen molar-refractivity contribution in [3.05, 3.63) is 0 Å². The van der Waals surface area contributed by atoms with Crippen LogP contribution in [0.1, 0.15) is 25.7 Å². The molecule has 0 bridgehead atoms. The summed E-state index contributed by atoms with van der Waals surface area (Å²) in [5, 5.41) is 13.4. The Bertz CT molecular complexity index is 229. The van der Waals surface area contributed by atoms with E-state index in [1.807, 2.05) is 0 Å². The average Bonchev–Trinajstić information content (AvgIpc) is 2.70. The van der Waals surface area contributed by atoms with E-state index in [1.54, 1.807) is 0 Å². The van der Waals surface area contributed by atoms with E-state index in [9.17, 15) is 5.11 Å². The third-order valence-electron chi connectivity index (χ3n) is 4.45. The first-order valence-electron chi connectivity index (χ1n) is 7.02. The van der Waals surface area contributed by atoms with E-state index < -0.39 is 0 Å². The highest BCUT2D eigenvalue weighted by Crippen LogP contribution is 2.28. The van der Waals surface area contributed by atoms with E-state index in [0.717, 1.165) is 45.6 Å². The Kier molecular flexibility index (Phi) is 4.79. The molecular weight excluding hydrogens is 214 g/mol. The summed E-state index contributed by atoms with van der Waals surface area (Å²) in [6, 6.07) is 0. The first kappa shape index (κ1) is 13.3.